The number of hydrogen-bond acceptors (Lipinski definition) is 9. The van der Waals surface area contributed by atoms with Crippen LogP contribution in [0.1, 0.15) is 76.7 Å². The Labute approximate surface area is 310 Å². The van der Waals surface area contributed by atoms with E-state index in [1.807, 2.05) is 55.4 Å². The summed E-state index contributed by atoms with van der Waals surface area (Å²) in [4.78, 5) is 36.1. The molecule has 11 nitrogen and oxygen atoms in total. The molecule has 4 aliphatic rings. The van der Waals surface area contributed by atoms with Gasteiger partial charge in [0, 0.05) is 55.5 Å². The van der Waals surface area contributed by atoms with Crippen LogP contribution in [0.5, 0.6) is 5.75 Å². The normalized spacial score (nSPS) is 27.8. The Morgan fingerprint density at radius 1 is 1.12 bits per heavy atom. The summed E-state index contributed by atoms with van der Waals surface area (Å²) in [5.41, 5.74) is 3.98. The number of fused-ring (bicyclic) bond motifs is 2. The Kier molecular flexibility index (Phi) is 12.6. The van der Waals surface area contributed by atoms with E-state index in [4.69, 9.17) is 14.3 Å². The maximum atomic E-state index is 14.2. The van der Waals surface area contributed by atoms with E-state index in [9.17, 15) is 19.8 Å². The second-order valence-electron chi connectivity index (χ2n) is 16.7. The molecule has 0 spiro atoms. The SMILES string of the molecule is COC[C@@H](CC(C)C)NC(=O)c1cc(-c2cccc(CN3O[C@@H](CO)[C@@H]([C@H](C)O)[C@H]3C(=O)N[C@H]3C[C@H]4C[C@H]([C@@H]3C)C4(C)C)c2OC)cc(N(C)C)c1. The van der Waals surface area contributed by atoms with Gasteiger partial charge in [-0.05, 0) is 79.0 Å². The topological polar surface area (TPSA) is 133 Å². The Morgan fingerprint density at radius 3 is 2.42 bits per heavy atom. The molecule has 3 saturated carbocycles. The van der Waals surface area contributed by atoms with Crippen molar-refractivity contribution in [2.75, 3.05) is 46.4 Å². The average Bonchev–Trinajstić information content (AvgIpc) is 3.47. The molecule has 3 aliphatic carbocycles. The number of nitrogens with zero attached hydrogens (tertiary/aromatic N) is 2. The summed E-state index contributed by atoms with van der Waals surface area (Å²) in [5.74, 6) is 1.40. The standard InChI is InChI=1S/C41H62N4O7/c1-23(2)14-30(22-50-9)42-39(48)28-15-27(16-31(17-28)44(7)8)32-13-11-12-26(38(32)51-10)20-45-37(36(25(4)47)35(21-46)52-45)40(49)43-34-19-29-18-33(24(34)3)41(29,5)6/h11-13,15-17,23-25,29-30,33-37,46-47H,14,18-22H2,1-10H3,(H,42,48)(H,43,49)/t24-,25-,29+,30+,33+,34-,35-,36+,37-/m0/s1. The fraction of sp³-hybridized carbons (Fsp3) is 0.659. The molecule has 2 aromatic rings. The highest BCUT2D eigenvalue weighted by molar-refractivity contribution is 5.97. The van der Waals surface area contributed by atoms with Gasteiger partial charge in [0.15, 0.2) is 0 Å². The molecule has 2 aromatic carbocycles. The highest BCUT2D eigenvalue weighted by atomic mass is 16.7. The lowest BCUT2D eigenvalue weighted by Gasteiger charge is -2.62. The van der Waals surface area contributed by atoms with Crippen LogP contribution < -0.4 is 20.3 Å². The number of nitrogens with one attached hydrogen (secondary N) is 2. The molecular weight excluding hydrogens is 660 g/mol. The number of aliphatic hydroxyl groups excluding tert-OH is 2. The van der Waals surface area contributed by atoms with E-state index in [0.717, 1.165) is 35.2 Å². The highest BCUT2D eigenvalue weighted by Crippen LogP contribution is 2.61. The molecule has 6 rings (SSSR count). The van der Waals surface area contributed by atoms with Gasteiger partial charge >= 0.3 is 0 Å². The lowest BCUT2D eigenvalue weighted by molar-refractivity contribution is -0.183. The predicted molar refractivity (Wildman–Crippen MR) is 203 cm³/mol. The number of carbonyl (C=O) groups is 2. The van der Waals surface area contributed by atoms with Crippen LogP contribution in [0.2, 0.25) is 0 Å². The molecular formula is C41H62N4O7. The molecule has 9 atom stereocenters. The summed E-state index contributed by atoms with van der Waals surface area (Å²) in [7, 11) is 7.12. The van der Waals surface area contributed by atoms with E-state index in [2.05, 4.69) is 45.3 Å². The Morgan fingerprint density at radius 2 is 1.85 bits per heavy atom. The molecule has 0 aromatic heterocycles. The van der Waals surface area contributed by atoms with Crippen LogP contribution >= 0.6 is 0 Å². The van der Waals surface area contributed by atoms with Crippen molar-refractivity contribution in [3.63, 3.8) is 0 Å². The van der Waals surface area contributed by atoms with Gasteiger partial charge in [-0.2, -0.15) is 5.06 Å². The third-order valence-electron chi connectivity index (χ3n) is 12.2. The lowest BCUT2D eigenvalue weighted by atomic mass is 9.45. The van der Waals surface area contributed by atoms with Crippen LogP contribution in [-0.4, -0.2) is 99.0 Å². The Hall–Kier alpha value is -3.22. The van der Waals surface area contributed by atoms with Gasteiger partial charge in [0.1, 0.15) is 17.9 Å². The summed E-state index contributed by atoms with van der Waals surface area (Å²) in [6.45, 7) is 13.0. The molecule has 1 heterocycles. The van der Waals surface area contributed by atoms with Gasteiger partial charge in [0.05, 0.1) is 39.0 Å². The number of carbonyl (C=O) groups excluding carboxylic acids is 2. The van der Waals surface area contributed by atoms with E-state index >= 15 is 0 Å². The van der Waals surface area contributed by atoms with Crippen LogP contribution in [-0.2, 0) is 20.9 Å². The van der Waals surface area contributed by atoms with Gasteiger partial charge in [-0.25, -0.2) is 0 Å². The van der Waals surface area contributed by atoms with Crippen LogP contribution in [0.25, 0.3) is 11.1 Å². The lowest BCUT2D eigenvalue weighted by Crippen LogP contribution is -2.62. The van der Waals surface area contributed by atoms with Gasteiger partial charge in [0.2, 0.25) is 5.91 Å². The molecule has 2 bridgehead atoms. The molecule has 4 fully saturated rings. The first-order valence-electron chi connectivity index (χ1n) is 18.9. The molecule has 2 amide bonds. The summed E-state index contributed by atoms with van der Waals surface area (Å²) in [6.07, 6.45) is 1.27. The molecule has 1 saturated heterocycles. The molecule has 11 heteroatoms. The molecule has 52 heavy (non-hydrogen) atoms. The van der Waals surface area contributed by atoms with Crippen molar-refractivity contribution in [2.45, 2.75) is 97.7 Å². The second-order valence-corrected chi connectivity index (χ2v) is 16.7. The van der Waals surface area contributed by atoms with Gasteiger partial charge in [0.25, 0.3) is 5.91 Å². The summed E-state index contributed by atoms with van der Waals surface area (Å²) < 4.78 is 11.5. The molecule has 4 N–H and O–H groups in total. The van der Waals surface area contributed by atoms with Crippen molar-refractivity contribution in [3.8, 4) is 16.9 Å². The molecule has 288 valence electrons. The summed E-state index contributed by atoms with van der Waals surface area (Å²) >= 11 is 0. The molecule has 0 unspecified atom stereocenters. The Balaban J connectivity index is 1.45. The predicted octanol–water partition coefficient (Wildman–Crippen LogP) is 4.88. The van der Waals surface area contributed by atoms with Gasteiger partial charge in [-0.1, -0.05) is 52.8 Å². The molecule has 0 radical (unpaired) electrons. The number of para-hydroxylation sites is 1. The maximum absolute atomic E-state index is 14.2. The number of ether oxygens (including phenoxy) is 2. The largest absolute Gasteiger partial charge is 0.496 e. The first kappa shape index (κ1) is 40.0. The van der Waals surface area contributed by atoms with Crippen molar-refractivity contribution in [2.24, 2.45) is 35.0 Å². The van der Waals surface area contributed by atoms with Crippen LogP contribution in [0.3, 0.4) is 0 Å². The minimum Gasteiger partial charge on any atom is -0.496 e. The minimum atomic E-state index is -0.899. The number of methoxy groups -OCH3 is 2. The Bertz CT molecular complexity index is 1560. The van der Waals surface area contributed by atoms with Crippen LogP contribution in [0, 0.1) is 35.0 Å². The van der Waals surface area contributed by atoms with Crippen LogP contribution in [0.4, 0.5) is 5.69 Å². The zero-order chi connectivity index (χ0) is 38.1. The average molecular weight is 723 g/mol. The van der Waals surface area contributed by atoms with Crippen molar-refractivity contribution in [1.29, 1.82) is 0 Å². The van der Waals surface area contributed by atoms with E-state index in [1.54, 1.807) is 26.2 Å². The van der Waals surface area contributed by atoms with E-state index < -0.39 is 24.2 Å². The number of rotatable bonds is 15. The van der Waals surface area contributed by atoms with Crippen molar-refractivity contribution < 1.29 is 34.1 Å². The van der Waals surface area contributed by atoms with Gasteiger partial charge in [-0.3, -0.25) is 14.4 Å². The monoisotopic (exact) mass is 722 g/mol. The number of hydroxylamine groups is 2. The zero-order valence-electron chi connectivity index (χ0n) is 32.8. The van der Waals surface area contributed by atoms with Crippen molar-refractivity contribution in [1.82, 2.24) is 15.7 Å². The number of aliphatic hydroxyl groups is 2. The zero-order valence-corrected chi connectivity index (χ0v) is 32.8. The highest BCUT2D eigenvalue weighted by Gasteiger charge is 2.57. The first-order valence-corrected chi connectivity index (χ1v) is 18.9. The van der Waals surface area contributed by atoms with E-state index in [1.165, 1.54) is 6.42 Å². The smallest absolute Gasteiger partial charge is 0.251 e. The van der Waals surface area contributed by atoms with Crippen molar-refractivity contribution >= 4 is 17.5 Å². The second kappa shape index (κ2) is 16.4. The first-order chi connectivity index (χ1) is 24.6. The number of anilines is 1. The number of hydrogen-bond donors (Lipinski definition) is 4. The summed E-state index contributed by atoms with van der Waals surface area (Å²) in [6, 6.07) is 10.6. The number of amides is 2. The van der Waals surface area contributed by atoms with E-state index in [-0.39, 0.29) is 42.5 Å². The van der Waals surface area contributed by atoms with Gasteiger partial charge < -0.3 is 35.2 Å². The molecule has 1 aliphatic heterocycles. The third-order valence-corrected chi connectivity index (χ3v) is 12.2. The van der Waals surface area contributed by atoms with Crippen molar-refractivity contribution in [3.05, 3.63) is 47.5 Å². The third kappa shape index (κ3) is 8.14. The summed E-state index contributed by atoms with van der Waals surface area (Å²) in [5, 5.41) is 29.4. The van der Waals surface area contributed by atoms with E-state index in [0.29, 0.717) is 41.6 Å². The minimum absolute atomic E-state index is 0.0392. The fourth-order valence-electron chi connectivity index (χ4n) is 9.19. The number of benzene rings is 2. The van der Waals surface area contributed by atoms with Crippen LogP contribution in [0.15, 0.2) is 36.4 Å². The van der Waals surface area contributed by atoms with Gasteiger partial charge in [-0.15, -0.1) is 0 Å². The quantitative estimate of drug-likeness (QED) is 0.203. The fourth-order valence-corrected chi connectivity index (χ4v) is 9.19. The maximum Gasteiger partial charge on any atom is 0.251 e.